The average Bonchev–Trinajstić information content (AvgIpc) is 2.25. The van der Waals surface area contributed by atoms with Gasteiger partial charge in [-0.15, -0.1) is 0 Å². The number of aryl methyl sites for hydroxylation is 1. The molecule has 0 unspecified atom stereocenters. The van der Waals surface area contributed by atoms with Gasteiger partial charge in [0.1, 0.15) is 5.60 Å². The van der Waals surface area contributed by atoms with Crippen LogP contribution in [0.1, 0.15) is 38.3 Å². The fraction of sp³-hybridized carbons (Fsp3) is 0.533. The van der Waals surface area contributed by atoms with E-state index in [4.69, 9.17) is 10.5 Å². The summed E-state index contributed by atoms with van der Waals surface area (Å²) < 4.78 is 5.28. The highest BCUT2D eigenvalue weighted by molar-refractivity contribution is 5.73. The molecule has 0 fully saturated rings. The van der Waals surface area contributed by atoms with Crippen molar-refractivity contribution in [3.05, 3.63) is 35.4 Å². The van der Waals surface area contributed by atoms with Gasteiger partial charge in [-0.2, -0.15) is 0 Å². The summed E-state index contributed by atoms with van der Waals surface area (Å²) >= 11 is 0. The quantitative estimate of drug-likeness (QED) is 0.816. The zero-order valence-corrected chi connectivity index (χ0v) is 11.5. The number of nitrogens with two attached hydrogens (primary N) is 1. The van der Waals surface area contributed by atoms with Crippen molar-refractivity contribution >= 4 is 5.97 Å². The molecule has 0 bridgehead atoms. The highest BCUT2D eigenvalue weighted by Gasteiger charge is 2.16. The summed E-state index contributed by atoms with van der Waals surface area (Å²) in [5, 5.41) is 0. The molecule has 0 spiro atoms. The second-order valence-corrected chi connectivity index (χ2v) is 5.47. The molecule has 100 valence electrons. The molecule has 0 saturated carbocycles. The van der Waals surface area contributed by atoms with Crippen LogP contribution in [-0.4, -0.2) is 18.1 Å². The van der Waals surface area contributed by atoms with Crippen LogP contribution in [0.4, 0.5) is 0 Å². The van der Waals surface area contributed by atoms with Crippen LogP contribution in [0, 0.1) is 0 Å². The normalized spacial score (nSPS) is 11.3. The number of hydrogen-bond donors (Lipinski definition) is 1. The second-order valence-electron chi connectivity index (χ2n) is 5.47. The fourth-order valence-corrected chi connectivity index (χ4v) is 1.67. The second kappa shape index (κ2) is 6.55. The molecule has 1 aromatic carbocycles. The Morgan fingerprint density at radius 1 is 1.17 bits per heavy atom. The zero-order valence-electron chi connectivity index (χ0n) is 11.5. The molecule has 1 rings (SSSR count). The van der Waals surface area contributed by atoms with Gasteiger partial charge in [-0.25, -0.2) is 0 Å². The molecule has 0 heterocycles. The number of carbonyl (C=O) groups excluding carboxylic acids is 1. The maximum Gasteiger partial charge on any atom is 0.310 e. The van der Waals surface area contributed by atoms with Crippen molar-refractivity contribution in [2.75, 3.05) is 6.54 Å². The fourth-order valence-electron chi connectivity index (χ4n) is 1.67. The Labute approximate surface area is 109 Å². The third-order valence-electron chi connectivity index (χ3n) is 2.46. The Hall–Kier alpha value is -1.35. The first kappa shape index (κ1) is 14.7. The average molecular weight is 249 g/mol. The van der Waals surface area contributed by atoms with Crippen molar-refractivity contribution in [1.82, 2.24) is 0 Å². The molecule has 0 aliphatic heterocycles. The molecule has 0 amide bonds. The summed E-state index contributed by atoms with van der Waals surface area (Å²) in [6.45, 7) is 6.34. The number of carbonyl (C=O) groups is 1. The van der Waals surface area contributed by atoms with Crippen LogP contribution in [0.3, 0.4) is 0 Å². The Kier molecular flexibility index (Phi) is 5.35. The molecule has 0 aliphatic carbocycles. The summed E-state index contributed by atoms with van der Waals surface area (Å²) in [5.74, 6) is -0.183. The van der Waals surface area contributed by atoms with Gasteiger partial charge in [0, 0.05) is 0 Å². The minimum atomic E-state index is -0.419. The minimum absolute atomic E-state index is 0.183. The maximum absolute atomic E-state index is 11.6. The molecule has 0 aromatic heterocycles. The highest BCUT2D eigenvalue weighted by Crippen LogP contribution is 2.11. The molecule has 0 radical (unpaired) electrons. The van der Waals surface area contributed by atoms with E-state index in [1.54, 1.807) is 0 Å². The lowest BCUT2D eigenvalue weighted by Crippen LogP contribution is -2.24. The standard InChI is InChI=1S/C15H23NO2/c1-15(2,3)18-14(17)11-13-8-6-12(7-9-13)5-4-10-16/h6-9H,4-5,10-11,16H2,1-3H3. The van der Waals surface area contributed by atoms with Crippen LogP contribution in [0.2, 0.25) is 0 Å². The Balaban J connectivity index is 2.50. The summed E-state index contributed by atoms with van der Waals surface area (Å²) in [5.41, 5.74) is 7.30. The third-order valence-corrected chi connectivity index (χ3v) is 2.46. The lowest BCUT2D eigenvalue weighted by molar-refractivity contribution is -0.153. The van der Waals surface area contributed by atoms with Crippen LogP contribution in [0.5, 0.6) is 0 Å². The molecule has 1 aromatic rings. The van der Waals surface area contributed by atoms with Crippen molar-refractivity contribution in [2.24, 2.45) is 5.73 Å². The number of hydrogen-bond acceptors (Lipinski definition) is 3. The molecule has 18 heavy (non-hydrogen) atoms. The Bertz CT molecular complexity index is 376. The number of benzene rings is 1. The first-order chi connectivity index (χ1) is 8.40. The zero-order chi connectivity index (χ0) is 13.6. The topological polar surface area (TPSA) is 52.3 Å². The van der Waals surface area contributed by atoms with E-state index in [0.29, 0.717) is 13.0 Å². The Morgan fingerprint density at radius 3 is 2.22 bits per heavy atom. The van der Waals surface area contributed by atoms with E-state index in [9.17, 15) is 4.79 Å². The number of esters is 1. The molecular weight excluding hydrogens is 226 g/mol. The van der Waals surface area contributed by atoms with Crippen molar-refractivity contribution in [3.63, 3.8) is 0 Å². The third kappa shape index (κ3) is 5.82. The van der Waals surface area contributed by atoms with Gasteiger partial charge in [0.05, 0.1) is 6.42 Å². The maximum atomic E-state index is 11.6. The molecule has 3 nitrogen and oxygen atoms in total. The molecule has 3 heteroatoms. The van der Waals surface area contributed by atoms with Gasteiger partial charge in [-0.3, -0.25) is 4.79 Å². The summed E-state index contributed by atoms with van der Waals surface area (Å²) in [6.07, 6.45) is 2.31. The Morgan fingerprint density at radius 2 is 1.72 bits per heavy atom. The van der Waals surface area contributed by atoms with E-state index < -0.39 is 5.60 Å². The van der Waals surface area contributed by atoms with Crippen LogP contribution < -0.4 is 5.73 Å². The lowest BCUT2D eigenvalue weighted by atomic mass is 10.1. The summed E-state index contributed by atoms with van der Waals surface area (Å²) in [4.78, 5) is 11.6. The van der Waals surface area contributed by atoms with Gasteiger partial charge in [0.2, 0.25) is 0 Å². The molecular formula is C15H23NO2. The van der Waals surface area contributed by atoms with Crippen LogP contribution >= 0.6 is 0 Å². The first-order valence-corrected chi connectivity index (χ1v) is 6.40. The molecule has 0 saturated heterocycles. The van der Waals surface area contributed by atoms with Crippen molar-refractivity contribution in [1.29, 1.82) is 0 Å². The van der Waals surface area contributed by atoms with Crippen LogP contribution in [-0.2, 0) is 22.4 Å². The van der Waals surface area contributed by atoms with Crippen molar-refractivity contribution in [3.8, 4) is 0 Å². The van der Waals surface area contributed by atoms with Crippen molar-refractivity contribution < 1.29 is 9.53 Å². The molecule has 0 atom stereocenters. The SMILES string of the molecule is CC(C)(C)OC(=O)Cc1ccc(CCCN)cc1. The molecule has 2 N–H and O–H groups in total. The lowest BCUT2D eigenvalue weighted by Gasteiger charge is -2.19. The van der Waals surface area contributed by atoms with E-state index >= 15 is 0 Å². The summed E-state index contributed by atoms with van der Waals surface area (Å²) in [6, 6.07) is 8.07. The van der Waals surface area contributed by atoms with E-state index in [1.165, 1.54) is 5.56 Å². The first-order valence-electron chi connectivity index (χ1n) is 6.40. The molecule has 0 aliphatic rings. The van der Waals surface area contributed by atoms with E-state index in [-0.39, 0.29) is 5.97 Å². The summed E-state index contributed by atoms with van der Waals surface area (Å²) in [7, 11) is 0. The number of rotatable bonds is 5. The predicted molar refractivity (Wildman–Crippen MR) is 73.4 cm³/mol. The van der Waals surface area contributed by atoms with Gasteiger partial charge in [-0.1, -0.05) is 24.3 Å². The van der Waals surface area contributed by atoms with E-state index in [2.05, 4.69) is 12.1 Å². The smallest absolute Gasteiger partial charge is 0.310 e. The minimum Gasteiger partial charge on any atom is -0.460 e. The van der Waals surface area contributed by atoms with E-state index in [1.807, 2.05) is 32.9 Å². The number of ether oxygens (including phenoxy) is 1. The van der Waals surface area contributed by atoms with Gasteiger partial charge < -0.3 is 10.5 Å². The largest absolute Gasteiger partial charge is 0.460 e. The van der Waals surface area contributed by atoms with Gasteiger partial charge in [0.15, 0.2) is 0 Å². The van der Waals surface area contributed by atoms with Gasteiger partial charge >= 0.3 is 5.97 Å². The van der Waals surface area contributed by atoms with E-state index in [0.717, 1.165) is 18.4 Å². The monoisotopic (exact) mass is 249 g/mol. The van der Waals surface area contributed by atoms with Gasteiger partial charge in [0.25, 0.3) is 0 Å². The van der Waals surface area contributed by atoms with Gasteiger partial charge in [-0.05, 0) is 51.3 Å². The predicted octanol–water partition coefficient (Wildman–Crippen LogP) is 2.46. The van der Waals surface area contributed by atoms with Crippen LogP contribution in [0.25, 0.3) is 0 Å². The van der Waals surface area contributed by atoms with Crippen molar-refractivity contribution in [2.45, 2.75) is 45.6 Å². The highest BCUT2D eigenvalue weighted by atomic mass is 16.6. The van der Waals surface area contributed by atoms with Crippen LogP contribution in [0.15, 0.2) is 24.3 Å².